The zero-order valence-electron chi connectivity index (χ0n) is 14.4. The quantitative estimate of drug-likeness (QED) is 0.857. The lowest BCUT2D eigenvalue weighted by atomic mass is 9.97. The van der Waals surface area contributed by atoms with Crippen molar-refractivity contribution >= 4 is 23.5 Å². The van der Waals surface area contributed by atoms with Crippen molar-refractivity contribution < 1.29 is 14.7 Å². The van der Waals surface area contributed by atoms with Crippen molar-refractivity contribution in [3.05, 3.63) is 29.3 Å². The molecule has 1 aromatic heterocycles. The molecule has 9 heteroatoms. The van der Waals surface area contributed by atoms with Crippen LogP contribution in [0.4, 0.5) is 0 Å². The third kappa shape index (κ3) is 3.85. The normalized spacial score (nSPS) is 18.5. The number of aromatic nitrogens is 4. The molecule has 2 heterocycles. The van der Waals surface area contributed by atoms with Crippen LogP contribution in [-0.2, 0) is 9.59 Å². The van der Waals surface area contributed by atoms with Gasteiger partial charge in [-0.1, -0.05) is 18.5 Å². The van der Waals surface area contributed by atoms with Gasteiger partial charge in [0.05, 0.1) is 5.92 Å². The third-order valence-electron chi connectivity index (χ3n) is 4.56. The molecule has 0 saturated carbocycles. The van der Waals surface area contributed by atoms with Gasteiger partial charge in [0.25, 0.3) is 0 Å². The lowest BCUT2D eigenvalue weighted by Gasteiger charge is -2.32. The molecule has 1 aromatic carbocycles. The molecule has 0 spiro atoms. The number of hydrogen-bond donors (Lipinski definition) is 1. The van der Waals surface area contributed by atoms with Crippen LogP contribution in [0, 0.1) is 5.92 Å². The second-order valence-corrected chi connectivity index (χ2v) is 6.76. The number of amides is 1. The molecule has 2 atom stereocenters. The fraction of sp³-hybridized carbons (Fsp3) is 0.471. The van der Waals surface area contributed by atoms with E-state index in [9.17, 15) is 14.7 Å². The number of benzene rings is 1. The van der Waals surface area contributed by atoms with Crippen molar-refractivity contribution in [1.29, 1.82) is 0 Å². The Morgan fingerprint density at radius 1 is 1.35 bits per heavy atom. The summed E-state index contributed by atoms with van der Waals surface area (Å²) in [6.45, 7) is 2.65. The highest BCUT2D eigenvalue weighted by Gasteiger charge is 2.33. The first kappa shape index (κ1) is 18.3. The summed E-state index contributed by atoms with van der Waals surface area (Å²) >= 11 is 5.89. The van der Waals surface area contributed by atoms with Crippen LogP contribution in [0.15, 0.2) is 24.3 Å². The van der Waals surface area contributed by atoms with Crippen molar-refractivity contribution in [1.82, 2.24) is 25.1 Å². The summed E-state index contributed by atoms with van der Waals surface area (Å²) in [5.74, 6) is -1.13. The highest BCUT2D eigenvalue weighted by Crippen LogP contribution is 2.22. The van der Waals surface area contributed by atoms with Crippen molar-refractivity contribution in [2.24, 2.45) is 5.92 Å². The monoisotopic (exact) mass is 377 g/mol. The van der Waals surface area contributed by atoms with Gasteiger partial charge in [0.1, 0.15) is 0 Å². The maximum absolute atomic E-state index is 12.9. The van der Waals surface area contributed by atoms with Crippen LogP contribution >= 0.6 is 11.6 Å². The average Bonchev–Trinajstić information content (AvgIpc) is 3.12. The molecule has 3 rings (SSSR count). The van der Waals surface area contributed by atoms with Crippen molar-refractivity contribution in [2.45, 2.75) is 32.2 Å². The van der Waals surface area contributed by atoms with Crippen LogP contribution < -0.4 is 0 Å². The van der Waals surface area contributed by atoms with E-state index >= 15 is 0 Å². The van der Waals surface area contributed by atoms with Crippen molar-refractivity contribution in [2.75, 3.05) is 13.1 Å². The molecule has 0 bridgehead atoms. The second kappa shape index (κ2) is 7.82. The summed E-state index contributed by atoms with van der Waals surface area (Å²) in [6, 6.07) is 6.44. The van der Waals surface area contributed by atoms with Gasteiger partial charge in [0, 0.05) is 23.7 Å². The fourth-order valence-electron chi connectivity index (χ4n) is 3.10. The molecule has 1 fully saturated rings. The number of tetrazole rings is 1. The number of nitrogens with zero attached hydrogens (tertiary/aromatic N) is 5. The number of rotatable bonds is 5. The highest BCUT2D eigenvalue weighted by atomic mass is 35.5. The Hall–Kier alpha value is -2.48. The lowest BCUT2D eigenvalue weighted by Crippen LogP contribution is -2.45. The van der Waals surface area contributed by atoms with Gasteiger partial charge >= 0.3 is 5.97 Å². The number of aliphatic carboxylic acids is 1. The Kier molecular flexibility index (Phi) is 5.51. The van der Waals surface area contributed by atoms with E-state index in [0.717, 1.165) is 5.56 Å². The Labute approximate surface area is 155 Å². The Morgan fingerprint density at radius 2 is 2.08 bits per heavy atom. The number of halogens is 1. The molecule has 26 heavy (non-hydrogen) atoms. The maximum atomic E-state index is 12.9. The first-order chi connectivity index (χ1) is 12.5. The number of carbonyl (C=O) groups excluding carboxylic acids is 1. The van der Waals surface area contributed by atoms with E-state index in [1.165, 1.54) is 4.80 Å². The second-order valence-electron chi connectivity index (χ2n) is 6.33. The van der Waals surface area contributed by atoms with Crippen LogP contribution in [0.25, 0.3) is 11.4 Å². The third-order valence-corrected chi connectivity index (χ3v) is 4.82. The van der Waals surface area contributed by atoms with Gasteiger partial charge < -0.3 is 10.0 Å². The summed E-state index contributed by atoms with van der Waals surface area (Å²) < 4.78 is 0. The minimum absolute atomic E-state index is 0.168. The van der Waals surface area contributed by atoms with Crippen molar-refractivity contribution in [3.63, 3.8) is 0 Å². The Morgan fingerprint density at radius 3 is 2.73 bits per heavy atom. The summed E-state index contributed by atoms with van der Waals surface area (Å²) in [5, 5.41) is 22.2. The van der Waals surface area contributed by atoms with Gasteiger partial charge in [-0.3, -0.25) is 9.59 Å². The van der Waals surface area contributed by atoms with Gasteiger partial charge in [-0.25, -0.2) is 0 Å². The predicted octanol–water partition coefficient (Wildman–Crippen LogP) is 2.27. The lowest BCUT2D eigenvalue weighted by molar-refractivity contribution is -0.146. The molecule has 1 N–H and O–H groups in total. The summed E-state index contributed by atoms with van der Waals surface area (Å²) in [4.78, 5) is 27.0. The number of likely N-dealkylation sites (tertiary alicyclic amines) is 1. The topological polar surface area (TPSA) is 101 Å². The molecule has 1 aliphatic rings. The van der Waals surface area contributed by atoms with E-state index in [1.807, 2.05) is 6.92 Å². The molecule has 8 nitrogen and oxygen atoms in total. The van der Waals surface area contributed by atoms with Gasteiger partial charge in [0.15, 0.2) is 6.04 Å². The zero-order chi connectivity index (χ0) is 18.7. The number of piperidine rings is 1. The molecule has 0 aliphatic carbocycles. The van der Waals surface area contributed by atoms with E-state index in [1.54, 1.807) is 29.2 Å². The number of carboxylic acids is 1. The maximum Gasteiger partial charge on any atom is 0.308 e. The average molecular weight is 378 g/mol. The minimum Gasteiger partial charge on any atom is -0.481 e. The first-order valence-corrected chi connectivity index (χ1v) is 8.94. The van der Waals surface area contributed by atoms with Crippen LogP contribution in [0.1, 0.15) is 32.2 Å². The number of carboxylic acid groups (broad SMARTS) is 1. The van der Waals surface area contributed by atoms with Crippen LogP contribution in [-0.4, -0.2) is 55.2 Å². The number of carbonyl (C=O) groups is 2. The molecule has 1 saturated heterocycles. The first-order valence-electron chi connectivity index (χ1n) is 8.56. The van der Waals surface area contributed by atoms with Crippen LogP contribution in [0.5, 0.6) is 0 Å². The molecule has 2 unspecified atom stereocenters. The van der Waals surface area contributed by atoms with Gasteiger partial charge in [-0.15, -0.1) is 10.2 Å². The molecular formula is C17H20ClN5O3. The Balaban J connectivity index is 1.77. The van der Waals surface area contributed by atoms with E-state index < -0.39 is 17.9 Å². The van der Waals surface area contributed by atoms with Gasteiger partial charge in [-0.05, 0) is 48.7 Å². The van der Waals surface area contributed by atoms with E-state index in [2.05, 4.69) is 15.4 Å². The van der Waals surface area contributed by atoms with Gasteiger partial charge in [0.2, 0.25) is 11.7 Å². The molecule has 138 valence electrons. The standard InChI is InChI=1S/C17H20ClN5O3/c1-2-14(16(24)22-9-3-4-12(10-22)17(25)26)23-20-15(19-21-23)11-5-7-13(18)8-6-11/h5-8,12,14H,2-4,9-10H2,1H3,(H,25,26). The largest absolute Gasteiger partial charge is 0.481 e. The van der Waals surface area contributed by atoms with E-state index in [-0.39, 0.29) is 12.5 Å². The van der Waals surface area contributed by atoms with E-state index in [4.69, 9.17) is 11.6 Å². The molecule has 2 aromatic rings. The number of hydrogen-bond acceptors (Lipinski definition) is 5. The Bertz CT molecular complexity index is 792. The molecule has 1 amide bonds. The molecule has 0 radical (unpaired) electrons. The summed E-state index contributed by atoms with van der Waals surface area (Å²) in [7, 11) is 0. The zero-order valence-corrected chi connectivity index (χ0v) is 15.1. The minimum atomic E-state index is -0.862. The van der Waals surface area contributed by atoms with Crippen LogP contribution in [0.2, 0.25) is 5.02 Å². The summed E-state index contributed by atoms with van der Waals surface area (Å²) in [5.41, 5.74) is 0.756. The van der Waals surface area contributed by atoms with E-state index in [0.29, 0.717) is 36.7 Å². The SMILES string of the molecule is CCC(C(=O)N1CCCC(C(=O)O)C1)n1nnc(-c2ccc(Cl)cc2)n1. The van der Waals surface area contributed by atoms with Gasteiger partial charge in [-0.2, -0.15) is 4.80 Å². The van der Waals surface area contributed by atoms with Crippen LogP contribution in [0.3, 0.4) is 0 Å². The predicted molar refractivity (Wildman–Crippen MR) is 94.5 cm³/mol. The highest BCUT2D eigenvalue weighted by molar-refractivity contribution is 6.30. The fourth-order valence-corrected chi connectivity index (χ4v) is 3.22. The summed E-state index contributed by atoms with van der Waals surface area (Å²) in [6.07, 6.45) is 1.77. The van der Waals surface area contributed by atoms with Crippen molar-refractivity contribution in [3.8, 4) is 11.4 Å². The molecule has 1 aliphatic heterocycles. The molecular weight excluding hydrogens is 358 g/mol. The smallest absolute Gasteiger partial charge is 0.308 e.